The van der Waals surface area contributed by atoms with Crippen molar-refractivity contribution in [2.45, 2.75) is 11.9 Å². The van der Waals surface area contributed by atoms with E-state index in [1.54, 1.807) is 11.8 Å². The summed E-state index contributed by atoms with van der Waals surface area (Å²) in [6, 6.07) is 10.0. The smallest absolute Gasteiger partial charge is 0.120 e. The molecule has 72 valence electrons. The third-order valence-electron chi connectivity index (χ3n) is 2.00. The molecule has 0 atom stereocenters. The predicted molar refractivity (Wildman–Crippen MR) is 62.6 cm³/mol. The molecule has 0 radical (unpaired) electrons. The third kappa shape index (κ3) is 1.68. The summed E-state index contributed by atoms with van der Waals surface area (Å²) in [5, 5.41) is 2.04. The first-order chi connectivity index (χ1) is 6.81. The quantitative estimate of drug-likeness (QED) is 0.764. The monoisotopic (exact) mass is 204 g/mol. The van der Waals surface area contributed by atoms with Gasteiger partial charge >= 0.3 is 0 Å². The molecule has 0 fully saturated rings. The van der Waals surface area contributed by atoms with Crippen LogP contribution in [0.5, 0.6) is 0 Å². The lowest BCUT2D eigenvalue weighted by atomic mass is 10.2. The Morgan fingerprint density at radius 2 is 2.14 bits per heavy atom. The molecule has 3 heteroatoms. The molecule has 0 saturated carbocycles. The SMILES string of the molecule is CCSc1nc2ccccc2cc1N. The Balaban J connectivity index is 2.59. The number of nitrogens with zero attached hydrogens (tertiary/aromatic N) is 1. The summed E-state index contributed by atoms with van der Waals surface area (Å²) >= 11 is 1.68. The zero-order valence-electron chi connectivity index (χ0n) is 8.03. The van der Waals surface area contributed by atoms with Gasteiger partial charge in [-0.2, -0.15) is 0 Å². The van der Waals surface area contributed by atoms with E-state index in [0.29, 0.717) is 0 Å². The van der Waals surface area contributed by atoms with Crippen molar-refractivity contribution in [2.75, 3.05) is 11.5 Å². The molecule has 0 aliphatic carbocycles. The Bertz CT molecular complexity index is 454. The van der Waals surface area contributed by atoms with Gasteiger partial charge in [-0.05, 0) is 17.9 Å². The number of aromatic nitrogens is 1. The Hall–Kier alpha value is -1.22. The van der Waals surface area contributed by atoms with Crippen LogP contribution in [0.4, 0.5) is 5.69 Å². The molecule has 1 heterocycles. The Morgan fingerprint density at radius 1 is 1.36 bits per heavy atom. The predicted octanol–water partition coefficient (Wildman–Crippen LogP) is 2.93. The number of para-hydroxylation sites is 1. The van der Waals surface area contributed by atoms with Crippen LogP contribution in [0.25, 0.3) is 10.9 Å². The van der Waals surface area contributed by atoms with Gasteiger partial charge in [0.2, 0.25) is 0 Å². The summed E-state index contributed by atoms with van der Waals surface area (Å²) in [6.07, 6.45) is 0. The van der Waals surface area contributed by atoms with Crippen molar-refractivity contribution in [3.05, 3.63) is 30.3 Å². The highest BCUT2D eigenvalue weighted by molar-refractivity contribution is 7.99. The van der Waals surface area contributed by atoms with Gasteiger partial charge in [0, 0.05) is 5.39 Å². The van der Waals surface area contributed by atoms with E-state index in [1.165, 1.54) is 0 Å². The number of hydrogen-bond acceptors (Lipinski definition) is 3. The molecule has 2 aromatic rings. The minimum Gasteiger partial charge on any atom is -0.397 e. The number of nitrogen functional groups attached to an aromatic ring is 1. The zero-order chi connectivity index (χ0) is 9.97. The van der Waals surface area contributed by atoms with Crippen molar-refractivity contribution in [1.29, 1.82) is 0 Å². The molecule has 0 saturated heterocycles. The summed E-state index contributed by atoms with van der Waals surface area (Å²) in [4.78, 5) is 4.50. The number of fused-ring (bicyclic) bond motifs is 1. The second kappa shape index (κ2) is 3.88. The summed E-state index contributed by atoms with van der Waals surface area (Å²) in [7, 11) is 0. The highest BCUT2D eigenvalue weighted by Crippen LogP contribution is 2.26. The van der Waals surface area contributed by atoms with Gasteiger partial charge in [-0.1, -0.05) is 25.1 Å². The van der Waals surface area contributed by atoms with Crippen LogP contribution in [-0.4, -0.2) is 10.7 Å². The second-order valence-corrected chi connectivity index (χ2v) is 4.26. The molecule has 2 nitrogen and oxygen atoms in total. The summed E-state index contributed by atoms with van der Waals surface area (Å²) in [6.45, 7) is 2.10. The van der Waals surface area contributed by atoms with E-state index in [-0.39, 0.29) is 0 Å². The fraction of sp³-hybridized carbons (Fsp3) is 0.182. The first kappa shape index (κ1) is 9.34. The number of nitrogens with two attached hydrogens (primary N) is 1. The molecule has 0 bridgehead atoms. The van der Waals surface area contributed by atoms with Crippen molar-refractivity contribution < 1.29 is 0 Å². The largest absolute Gasteiger partial charge is 0.397 e. The maximum Gasteiger partial charge on any atom is 0.120 e. The van der Waals surface area contributed by atoms with Crippen molar-refractivity contribution in [3.8, 4) is 0 Å². The van der Waals surface area contributed by atoms with Crippen LogP contribution in [0.1, 0.15) is 6.92 Å². The number of hydrogen-bond donors (Lipinski definition) is 1. The minimum atomic E-state index is 0.774. The molecular formula is C11H12N2S. The molecule has 0 spiro atoms. The van der Waals surface area contributed by atoms with Crippen molar-refractivity contribution in [2.24, 2.45) is 0 Å². The average molecular weight is 204 g/mol. The summed E-state index contributed by atoms with van der Waals surface area (Å²) in [5.74, 6) is 0.996. The molecule has 14 heavy (non-hydrogen) atoms. The number of benzene rings is 1. The van der Waals surface area contributed by atoms with E-state index in [9.17, 15) is 0 Å². The summed E-state index contributed by atoms with van der Waals surface area (Å²) in [5.41, 5.74) is 7.67. The van der Waals surface area contributed by atoms with Crippen LogP contribution in [-0.2, 0) is 0 Å². The van der Waals surface area contributed by atoms with Gasteiger partial charge in [-0.15, -0.1) is 11.8 Å². The topological polar surface area (TPSA) is 38.9 Å². The van der Waals surface area contributed by atoms with Gasteiger partial charge in [0.25, 0.3) is 0 Å². The van der Waals surface area contributed by atoms with Gasteiger partial charge < -0.3 is 5.73 Å². The van der Waals surface area contributed by atoms with E-state index in [2.05, 4.69) is 11.9 Å². The Kier molecular flexibility index (Phi) is 2.59. The molecule has 0 aliphatic rings. The van der Waals surface area contributed by atoms with Crippen LogP contribution in [0.3, 0.4) is 0 Å². The highest BCUT2D eigenvalue weighted by Gasteiger charge is 2.02. The van der Waals surface area contributed by atoms with Crippen LogP contribution < -0.4 is 5.73 Å². The first-order valence-electron chi connectivity index (χ1n) is 4.59. The standard InChI is InChI=1S/C11H12N2S/c1-2-14-11-9(12)7-8-5-3-4-6-10(8)13-11/h3-7H,2,12H2,1H3. The Morgan fingerprint density at radius 3 is 2.93 bits per heavy atom. The third-order valence-corrected chi connectivity index (χ3v) is 2.89. The molecule has 0 amide bonds. The molecule has 1 aromatic carbocycles. The molecule has 0 aliphatic heterocycles. The van der Waals surface area contributed by atoms with Gasteiger partial charge in [-0.25, -0.2) is 4.98 Å². The molecule has 2 N–H and O–H groups in total. The van der Waals surface area contributed by atoms with Crippen LogP contribution in [0.15, 0.2) is 35.4 Å². The average Bonchev–Trinajstić information content (AvgIpc) is 2.19. The minimum absolute atomic E-state index is 0.774. The maximum atomic E-state index is 5.89. The Labute approximate surface area is 87.5 Å². The van der Waals surface area contributed by atoms with E-state index in [0.717, 1.165) is 27.4 Å². The van der Waals surface area contributed by atoms with Crippen LogP contribution in [0, 0.1) is 0 Å². The summed E-state index contributed by atoms with van der Waals surface area (Å²) < 4.78 is 0. The highest BCUT2D eigenvalue weighted by atomic mass is 32.2. The second-order valence-electron chi connectivity index (χ2n) is 3.01. The normalized spacial score (nSPS) is 10.6. The molecule has 0 unspecified atom stereocenters. The van der Waals surface area contributed by atoms with Crippen molar-refractivity contribution >= 4 is 28.4 Å². The van der Waals surface area contributed by atoms with Crippen molar-refractivity contribution in [1.82, 2.24) is 4.98 Å². The number of anilines is 1. The van der Waals surface area contributed by atoms with Gasteiger partial charge in [0.1, 0.15) is 5.03 Å². The number of pyridine rings is 1. The first-order valence-corrected chi connectivity index (χ1v) is 5.58. The maximum absolute atomic E-state index is 5.89. The lowest BCUT2D eigenvalue weighted by Gasteiger charge is -2.04. The van der Waals surface area contributed by atoms with E-state index < -0.39 is 0 Å². The van der Waals surface area contributed by atoms with Crippen LogP contribution >= 0.6 is 11.8 Å². The lowest BCUT2D eigenvalue weighted by molar-refractivity contribution is 1.20. The van der Waals surface area contributed by atoms with Crippen LogP contribution in [0.2, 0.25) is 0 Å². The van der Waals surface area contributed by atoms with Gasteiger partial charge in [0.15, 0.2) is 0 Å². The fourth-order valence-electron chi connectivity index (χ4n) is 1.37. The van der Waals surface area contributed by atoms with E-state index in [1.807, 2.05) is 30.3 Å². The zero-order valence-corrected chi connectivity index (χ0v) is 8.84. The van der Waals surface area contributed by atoms with Crippen molar-refractivity contribution in [3.63, 3.8) is 0 Å². The molecule has 2 rings (SSSR count). The number of rotatable bonds is 2. The fourth-order valence-corrected chi connectivity index (χ4v) is 2.03. The van der Waals surface area contributed by atoms with E-state index >= 15 is 0 Å². The number of thioether (sulfide) groups is 1. The molecule has 1 aromatic heterocycles. The van der Waals surface area contributed by atoms with Gasteiger partial charge in [-0.3, -0.25) is 0 Å². The lowest BCUT2D eigenvalue weighted by Crippen LogP contribution is -1.92. The molecular weight excluding hydrogens is 192 g/mol. The van der Waals surface area contributed by atoms with E-state index in [4.69, 9.17) is 5.73 Å². The van der Waals surface area contributed by atoms with Gasteiger partial charge in [0.05, 0.1) is 11.2 Å².